The molecule has 1 aliphatic rings. The molecule has 0 aromatic heterocycles. The Bertz CT molecular complexity index is 488. The molecule has 1 aliphatic carbocycles. The Kier molecular flexibility index (Phi) is 4.49. The van der Waals surface area contributed by atoms with Gasteiger partial charge in [-0.1, -0.05) is 6.42 Å². The molecule has 0 amide bonds. The van der Waals surface area contributed by atoms with E-state index in [0.29, 0.717) is 5.69 Å². The molecule has 5 heteroatoms. The van der Waals surface area contributed by atoms with Gasteiger partial charge in [-0.25, -0.2) is 4.79 Å². The molecule has 2 rings (SSSR count). The van der Waals surface area contributed by atoms with Crippen LogP contribution in [0.2, 0.25) is 0 Å². The molecule has 2 atom stereocenters. The lowest BCUT2D eigenvalue weighted by molar-refractivity contribution is -0.00738. The molecule has 20 heavy (non-hydrogen) atoms. The highest BCUT2D eigenvalue weighted by Crippen LogP contribution is 2.27. The number of phenolic OH excluding ortho intramolecular Hbond substituents is 1. The SMILES string of the molecule is CN(C)[C@H]1CCCC[C@@H]1OC(=O)c1ccc(N)cc1O. The molecular weight excluding hydrogens is 256 g/mol. The van der Waals surface area contributed by atoms with Gasteiger partial charge in [0.2, 0.25) is 0 Å². The predicted octanol–water partition coefficient (Wildman–Crippen LogP) is 2.00. The predicted molar refractivity (Wildman–Crippen MR) is 77.7 cm³/mol. The molecule has 0 aliphatic heterocycles. The summed E-state index contributed by atoms with van der Waals surface area (Å²) >= 11 is 0. The second kappa shape index (κ2) is 6.13. The Hall–Kier alpha value is -1.75. The van der Waals surface area contributed by atoms with Crippen molar-refractivity contribution in [1.82, 2.24) is 4.90 Å². The molecule has 0 saturated heterocycles. The molecule has 0 unspecified atom stereocenters. The molecular formula is C15H22N2O3. The van der Waals surface area contributed by atoms with Crippen LogP contribution in [0.15, 0.2) is 18.2 Å². The van der Waals surface area contributed by atoms with Crippen LogP contribution in [0.4, 0.5) is 5.69 Å². The first kappa shape index (κ1) is 14.7. The minimum atomic E-state index is -0.485. The summed E-state index contributed by atoms with van der Waals surface area (Å²) in [6.45, 7) is 0. The smallest absolute Gasteiger partial charge is 0.342 e. The number of hydrogen-bond acceptors (Lipinski definition) is 5. The van der Waals surface area contributed by atoms with Gasteiger partial charge in [-0.3, -0.25) is 0 Å². The highest BCUT2D eigenvalue weighted by atomic mass is 16.5. The van der Waals surface area contributed by atoms with Crippen molar-refractivity contribution in [3.05, 3.63) is 23.8 Å². The van der Waals surface area contributed by atoms with E-state index in [-0.39, 0.29) is 23.5 Å². The third-order valence-corrected chi connectivity index (χ3v) is 3.83. The maximum Gasteiger partial charge on any atom is 0.342 e. The van der Waals surface area contributed by atoms with Crippen molar-refractivity contribution in [2.75, 3.05) is 19.8 Å². The number of nitrogens with two attached hydrogens (primary N) is 1. The quantitative estimate of drug-likeness (QED) is 0.653. The van der Waals surface area contributed by atoms with Crippen LogP contribution in [0, 0.1) is 0 Å². The topological polar surface area (TPSA) is 75.8 Å². The zero-order chi connectivity index (χ0) is 14.7. The minimum absolute atomic E-state index is 0.122. The van der Waals surface area contributed by atoms with Gasteiger partial charge in [-0.05, 0) is 45.5 Å². The van der Waals surface area contributed by atoms with Crippen LogP contribution >= 0.6 is 0 Å². The van der Waals surface area contributed by atoms with Crippen LogP contribution in [0.3, 0.4) is 0 Å². The number of ether oxygens (including phenoxy) is 1. The van der Waals surface area contributed by atoms with E-state index in [4.69, 9.17) is 10.5 Å². The van der Waals surface area contributed by atoms with Crippen molar-refractivity contribution < 1.29 is 14.6 Å². The number of anilines is 1. The van der Waals surface area contributed by atoms with E-state index in [1.54, 1.807) is 6.07 Å². The monoisotopic (exact) mass is 278 g/mol. The number of esters is 1. The summed E-state index contributed by atoms with van der Waals surface area (Å²) in [6, 6.07) is 4.69. The standard InChI is InChI=1S/C15H22N2O3/c1-17(2)12-5-3-4-6-14(12)20-15(19)11-8-7-10(16)9-13(11)18/h7-9,12,14,18H,3-6,16H2,1-2H3/t12-,14-/m0/s1. The normalized spacial score (nSPS) is 22.8. The molecule has 110 valence electrons. The number of hydrogen-bond donors (Lipinski definition) is 2. The highest BCUT2D eigenvalue weighted by Gasteiger charge is 2.30. The van der Waals surface area contributed by atoms with Gasteiger partial charge in [0.1, 0.15) is 17.4 Å². The Morgan fingerprint density at radius 1 is 1.35 bits per heavy atom. The molecule has 1 aromatic carbocycles. The molecule has 0 bridgehead atoms. The summed E-state index contributed by atoms with van der Waals surface area (Å²) in [6.07, 6.45) is 3.99. The number of carbonyl (C=O) groups excluding carboxylic acids is 1. The van der Waals surface area contributed by atoms with Crippen LogP contribution in [0.1, 0.15) is 36.0 Å². The summed E-state index contributed by atoms with van der Waals surface area (Å²) in [7, 11) is 4.00. The van der Waals surface area contributed by atoms with E-state index < -0.39 is 5.97 Å². The van der Waals surface area contributed by atoms with E-state index in [2.05, 4.69) is 4.90 Å². The number of rotatable bonds is 3. The Morgan fingerprint density at radius 3 is 2.70 bits per heavy atom. The molecule has 1 fully saturated rings. The molecule has 1 aromatic rings. The van der Waals surface area contributed by atoms with Gasteiger partial charge < -0.3 is 20.5 Å². The fourth-order valence-electron chi connectivity index (χ4n) is 2.73. The van der Waals surface area contributed by atoms with Crippen LogP contribution in [0.5, 0.6) is 5.75 Å². The minimum Gasteiger partial charge on any atom is -0.507 e. The first-order chi connectivity index (χ1) is 9.49. The maximum atomic E-state index is 12.2. The number of nitrogens with zero attached hydrogens (tertiary/aromatic N) is 1. The average molecular weight is 278 g/mol. The van der Waals surface area contributed by atoms with Gasteiger partial charge in [0, 0.05) is 17.8 Å². The number of aromatic hydroxyl groups is 1. The van der Waals surface area contributed by atoms with E-state index in [9.17, 15) is 9.90 Å². The number of nitrogen functional groups attached to an aromatic ring is 1. The molecule has 0 radical (unpaired) electrons. The molecule has 0 heterocycles. The molecule has 0 spiro atoms. The maximum absolute atomic E-state index is 12.2. The van der Waals surface area contributed by atoms with Crippen LogP contribution in [-0.2, 0) is 4.74 Å². The van der Waals surface area contributed by atoms with Crippen molar-refractivity contribution >= 4 is 11.7 Å². The van der Waals surface area contributed by atoms with Gasteiger partial charge in [0.25, 0.3) is 0 Å². The van der Waals surface area contributed by atoms with Gasteiger partial charge in [-0.2, -0.15) is 0 Å². The summed E-state index contributed by atoms with van der Waals surface area (Å²) in [5.41, 5.74) is 6.14. The zero-order valence-corrected chi connectivity index (χ0v) is 12.0. The number of phenols is 1. The summed E-state index contributed by atoms with van der Waals surface area (Å²) < 4.78 is 5.59. The molecule has 1 saturated carbocycles. The zero-order valence-electron chi connectivity index (χ0n) is 12.0. The molecule has 5 nitrogen and oxygen atoms in total. The third kappa shape index (κ3) is 3.22. The summed E-state index contributed by atoms with van der Waals surface area (Å²) in [5.74, 6) is -0.617. The average Bonchev–Trinajstić information content (AvgIpc) is 2.38. The Balaban J connectivity index is 2.09. The second-order valence-electron chi connectivity index (χ2n) is 5.54. The lowest BCUT2D eigenvalue weighted by atomic mass is 9.91. The van der Waals surface area contributed by atoms with Gasteiger partial charge in [-0.15, -0.1) is 0 Å². The van der Waals surface area contributed by atoms with Crippen LogP contribution in [-0.4, -0.2) is 42.2 Å². The van der Waals surface area contributed by atoms with Crippen molar-refractivity contribution in [3.8, 4) is 5.75 Å². The summed E-state index contributed by atoms with van der Waals surface area (Å²) in [4.78, 5) is 14.3. The highest BCUT2D eigenvalue weighted by molar-refractivity contribution is 5.93. The third-order valence-electron chi connectivity index (χ3n) is 3.83. The van der Waals surface area contributed by atoms with E-state index in [1.807, 2.05) is 14.1 Å². The van der Waals surface area contributed by atoms with Crippen molar-refractivity contribution in [3.63, 3.8) is 0 Å². The first-order valence-corrected chi connectivity index (χ1v) is 6.95. The lowest BCUT2D eigenvalue weighted by Gasteiger charge is -2.35. The van der Waals surface area contributed by atoms with E-state index in [1.165, 1.54) is 12.1 Å². The van der Waals surface area contributed by atoms with E-state index >= 15 is 0 Å². The number of likely N-dealkylation sites (N-methyl/N-ethyl adjacent to an activating group) is 1. The Labute approximate surface area is 119 Å². The molecule has 3 N–H and O–H groups in total. The number of carbonyl (C=O) groups is 1. The summed E-state index contributed by atoms with van der Waals surface area (Å²) in [5, 5.41) is 9.78. The second-order valence-corrected chi connectivity index (χ2v) is 5.54. The van der Waals surface area contributed by atoms with Gasteiger partial charge in [0.05, 0.1) is 0 Å². The first-order valence-electron chi connectivity index (χ1n) is 6.95. The lowest BCUT2D eigenvalue weighted by Crippen LogP contribution is -2.43. The van der Waals surface area contributed by atoms with Gasteiger partial charge >= 0.3 is 5.97 Å². The largest absolute Gasteiger partial charge is 0.507 e. The van der Waals surface area contributed by atoms with Crippen LogP contribution < -0.4 is 5.73 Å². The fraction of sp³-hybridized carbons (Fsp3) is 0.533. The van der Waals surface area contributed by atoms with Crippen LogP contribution in [0.25, 0.3) is 0 Å². The van der Waals surface area contributed by atoms with Crippen molar-refractivity contribution in [2.24, 2.45) is 0 Å². The van der Waals surface area contributed by atoms with E-state index in [0.717, 1.165) is 25.7 Å². The van der Waals surface area contributed by atoms with Crippen molar-refractivity contribution in [1.29, 1.82) is 0 Å². The van der Waals surface area contributed by atoms with Crippen molar-refractivity contribution in [2.45, 2.75) is 37.8 Å². The Morgan fingerprint density at radius 2 is 2.05 bits per heavy atom. The fourth-order valence-corrected chi connectivity index (χ4v) is 2.73. The van der Waals surface area contributed by atoms with Gasteiger partial charge in [0.15, 0.2) is 0 Å². The number of benzene rings is 1.